The fourth-order valence-corrected chi connectivity index (χ4v) is 2.67. The molecule has 1 N–H and O–H groups in total. The molecule has 0 aromatic heterocycles. The van der Waals surface area contributed by atoms with Crippen molar-refractivity contribution in [3.8, 4) is 5.75 Å². The zero-order chi connectivity index (χ0) is 17.3. The maximum atomic E-state index is 12.1. The Morgan fingerprint density at radius 2 is 1.83 bits per heavy atom. The molecule has 2 rings (SSSR count). The van der Waals surface area contributed by atoms with Crippen molar-refractivity contribution in [1.29, 1.82) is 0 Å². The molecule has 0 atom stereocenters. The zero-order valence-electron chi connectivity index (χ0n) is 13.1. The fraction of sp³-hybridized carbons (Fsp3) is 0.562. The number of rotatable bonds is 5. The Bertz CT molecular complexity index is 549. The van der Waals surface area contributed by atoms with Gasteiger partial charge in [-0.05, 0) is 35.4 Å². The summed E-state index contributed by atoms with van der Waals surface area (Å²) in [6.07, 6.45) is -4.52. The molecule has 1 fully saturated rings. The molecule has 1 amide bonds. The van der Waals surface area contributed by atoms with Crippen LogP contribution in [0.1, 0.15) is 19.4 Å². The summed E-state index contributed by atoms with van der Waals surface area (Å²) < 4.78 is 41.0. The van der Waals surface area contributed by atoms with E-state index >= 15 is 0 Å². The first-order chi connectivity index (χ1) is 10.6. The summed E-state index contributed by atoms with van der Waals surface area (Å²) in [4.78, 5) is 12.2. The highest BCUT2D eigenvalue weighted by atomic mass is 19.4. The molecule has 0 unspecified atom stereocenters. The lowest BCUT2D eigenvalue weighted by atomic mass is 9.71. The molecule has 0 bridgehead atoms. The van der Waals surface area contributed by atoms with E-state index in [9.17, 15) is 18.0 Å². The first-order valence-corrected chi connectivity index (χ1v) is 7.33. The van der Waals surface area contributed by atoms with Crippen molar-refractivity contribution in [2.45, 2.75) is 26.4 Å². The predicted molar refractivity (Wildman–Crippen MR) is 78.6 cm³/mol. The van der Waals surface area contributed by atoms with Gasteiger partial charge in [0.05, 0.1) is 0 Å². The fourth-order valence-electron chi connectivity index (χ4n) is 2.67. The smallest absolute Gasteiger partial charge is 0.422 e. The third kappa shape index (κ3) is 4.77. The number of alkyl halides is 3. The van der Waals surface area contributed by atoms with Gasteiger partial charge in [0.15, 0.2) is 6.61 Å². The second-order valence-corrected chi connectivity index (χ2v) is 6.60. The van der Waals surface area contributed by atoms with E-state index in [2.05, 4.69) is 18.6 Å². The van der Waals surface area contributed by atoms with E-state index in [4.69, 9.17) is 5.11 Å². The van der Waals surface area contributed by atoms with Crippen molar-refractivity contribution in [2.75, 3.05) is 19.7 Å². The van der Waals surface area contributed by atoms with Gasteiger partial charge in [0, 0.05) is 13.1 Å². The first kappa shape index (κ1) is 17.4. The molecule has 4 nitrogen and oxygen atoms in total. The second kappa shape index (κ2) is 6.29. The minimum atomic E-state index is -4.35. The molecule has 23 heavy (non-hydrogen) atoms. The van der Waals surface area contributed by atoms with Crippen LogP contribution in [-0.4, -0.2) is 42.0 Å². The molecule has 1 aromatic carbocycles. The van der Waals surface area contributed by atoms with Crippen LogP contribution in [0.2, 0.25) is 0 Å². The van der Waals surface area contributed by atoms with Crippen LogP contribution in [0, 0.1) is 11.3 Å². The van der Waals surface area contributed by atoms with Gasteiger partial charge in [0.25, 0.3) is 0 Å². The number of carbonyl (C=O) groups is 1. The van der Waals surface area contributed by atoms with Crippen LogP contribution in [0.15, 0.2) is 24.3 Å². The molecule has 1 heterocycles. The Labute approximate surface area is 132 Å². The number of nitrogens with zero attached hydrogens (tertiary/aromatic N) is 1. The summed E-state index contributed by atoms with van der Waals surface area (Å²) >= 11 is 0. The highest BCUT2D eigenvalue weighted by molar-refractivity contribution is 5.66. The maximum absolute atomic E-state index is 12.1. The summed E-state index contributed by atoms with van der Waals surface area (Å²) in [7, 11) is 0. The Morgan fingerprint density at radius 3 is 2.30 bits per heavy atom. The van der Waals surface area contributed by atoms with Gasteiger partial charge in [-0.2, -0.15) is 13.2 Å². The third-order valence-electron chi connectivity index (χ3n) is 4.24. The summed E-state index contributed by atoms with van der Waals surface area (Å²) in [5.41, 5.74) is 0.906. The topological polar surface area (TPSA) is 49.8 Å². The number of ether oxygens (including phenoxy) is 1. The predicted octanol–water partition coefficient (Wildman–Crippen LogP) is 3.81. The average Bonchev–Trinajstić information content (AvgIpc) is 2.33. The molecule has 0 aliphatic carbocycles. The van der Waals surface area contributed by atoms with E-state index in [1.165, 1.54) is 17.0 Å². The first-order valence-electron chi connectivity index (χ1n) is 7.33. The highest BCUT2D eigenvalue weighted by Gasteiger charge is 2.40. The lowest BCUT2D eigenvalue weighted by Gasteiger charge is -2.46. The summed E-state index contributed by atoms with van der Waals surface area (Å²) in [6, 6.07) is 6.56. The standard InChI is InChI=1S/C16H20F3NO3/c1-15(2,12-8-20(9-12)14(21)22)7-11-3-5-13(6-4-11)23-10-16(17,18)19/h3-6,12H,7-10H2,1-2H3,(H,21,22). The molecule has 0 spiro atoms. The van der Waals surface area contributed by atoms with Crippen molar-refractivity contribution in [1.82, 2.24) is 4.90 Å². The van der Waals surface area contributed by atoms with Gasteiger partial charge in [-0.1, -0.05) is 26.0 Å². The van der Waals surface area contributed by atoms with Gasteiger partial charge < -0.3 is 14.7 Å². The second-order valence-electron chi connectivity index (χ2n) is 6.60. The Kier molecular flexibility index (Phi) is 4.77. The van der Waals surface area contributed by atoms with Crippen LogP contribution < -0.4 is 4.74 Å². The van der Waals surface area contributed by atoms with Crippen molar-refractivity contribution in [3.05, 3.63) is 29.8 Å². The monoisotopic (exact) mass is 331 g/mol. The summed E-state index contributed by atoms with van der Waals surface area (Å²) in [5, 5.41) is 8.88. The molecule has 1 aromatic rings. The van der Waals surface area contributed by atoms with Crippen LogP contribution in [0.4, 0.5) is 18.0 Å². The van der Waals surface area contributed by atoms with Gasteiger partial charge in [-0.15, -0.1) is 0 Å². The molecule has 1 aliphatic rings. The van der Waals surface area contributed by atoms with Gasteiger partial charge >= 0.3 is 12.3 Å². The Hall–Kier alpha value is -1.92. The highest BCUT2D eigenvalue weighted by Crippen LogP contribution is 2.37. The van der Waals surface area contributed by atoms with Crippen LogP contribution in [0.25, 0.3) is 0 Å². The molecule has 1 saturated heterocycles. The van der Waals surface area contributed by atoms with Gasteiger partial charge in [0.1, 0.15) is 5.75 Å². The van der Waals surface area contributed by atoms with Crippen molar-refractivity contribution < 1.29 is 27.8 Å². The molecule has 128 valence electrons. The van der Waals surface area contributed by atoms with Crippen LogP contribution in [0.5, 0.6) is 5.75 Å². The molecule has 1 aliphatic heterocycles. The number of hydrogen-bond donors (Lipinski definition) is 1. The summed E-state index contributed by atoms with van der Waals surface area (Å²) in [5.74, 6) is 0.462. The number of hydrogen-bond acceptors (Lipinski definition) is 2. The number of benzene rings is 1. The molecule has 0 radical (unpaired) electrons. The van der Waals surface area contributed by atoms with Crippen molar-refractivity contribution in [3.63, 3.8) is 0 Å². The lowest BCUT2D eigenvalue weighted by Crippen LogP contribution is -2.55. The third-order valence-corrected chi connectivity index (χ3v) is 4.24. The van der Waals surface area contributed by atoms with E-state index in [1.807, 2.05) is 0 Å². The number of likely N-dealkylation sites (tertiary alicyclic amines) is 1. The number of halogens is 3. The number of carboxylic acid groups (broad SMARTS) is 1. The Morgan fingerprint density at radius 1 is 1.26 bits per heavy atom. The quantitative estimate of drug-likeness (QED) is 0.893. The van der Waals surface area contributed by atoms with Gasteiger partial charge in [-0.3, -0.25) is 0 Å². The van der Waals surface area contributed by atoms with Crippen LogP contribution in [-0.2, 0) is 6.42 Å². The van der Waals surface area contributed by atoms with E-state index in [0.717, 1.165) is 12.0 Å². The van der Waals surface area contributed by atoms with E-state index in [-0.39, 0.29) is 17.1 Å². The number of amides is 1. The van der Waals surface area contributed by atoms with Gasteiger partial charge in [-0.25, -0.2) is 4.79 Å². The molecule has 7 heteroatoms. The minimum absolute atomic E-state index is 0.0830. The normalized spacial score (nSPS) is 16.1. The summed E-state index contributed by atoms with van der Waals surface area (Å²) in [6.45, 7) is 3.89. The van der Waals surface area contributed by atoms with E-state index in [0.29, 0.717) is 13.1 Å². The molecular formula is C16H20F3NO3. The Balaban J connectivity index is 1.89. The minimum Gasteiger partial charge on any atom is -0.484 e. The maximum Gasteiger partial charge on any atom is 0.422 e. The van der Waals surface area contributed by atoms with Crippen LogP contribution >= 0.6 is 0 Å². The van der Waals surface area contributed by atoms with E-state index < -0.39 is 18.9 Å². The molecular weight excluding hydrogens is 311 g/mol. The average molecular weight is 331 g/mol. The SMILES string of the molecule is CC(C)(Cc1ccc(OCC(F)(F)F)cc1)C1CN(C(=O)O)C1. The largest absolute Gasteiger partial charge is 0.484 e. The van der Waals surface area contributed by atoms with Crippen LogP contribution in [0.3, 0.4) is 0 Å². The van der Waals surface area contributed by atoms with Gasteiger partial charge in [0.2, 0.25) is 0 Å². The van der Waals surface area contributed by atoms with E-state index in [1.54, 1.807) is 12.1 Å². The van der Waals surface area contributed by atoms with Crippen molar-refractivity contribution in [2.24, 2.45) is 11.3 Å². The molecule has 0 saturated carbocycles. The lowest BCUT2D eigenvalue weighted by molar-refractivity contribution is -0.153. The van der Waals surface area contributed by atoms with Crippen molar-refractivity contribution >= 4 is 6.09 Å². The zero-order valence-corrected chi connectivity index (χ0v) is 13.1.